The van der Waals surface area contributed by atoms with E-state index in [1.807, 2.05) is 18.2 Å². The van der Waals surface area contributed by atoms with Gasteiger partial charge in [0.05, 0.1) is 13.7 Å². The van der Waals surface area contributed by atoms with Crippen LogP contribution in [-0.4, -0.2) is 24.7 Å². The molecule has 0 amide bonds. The molecule has 0 saturated heterocycles. The molecule has 0 radical (unpaired) electrons. The van der Waals surface area contributed by atoms with Gasteiger partial charge in [0.1, 0.15) is 11.4 Å². The van der Waals surface area contributed by atoms with E-state index < -0.39 is 5.97 Å². The minimum atomic E-state index is -0.450. The quantitative estimate of drug-likeness (QED) is 0.745. The summed E-state index contributed by atoms with van der Waals surface area (Å²) < 4.78 is 10.5. The number of halogens is 1. The number of benzene rings is 1. The highest BCUT2D eigenvalue weighted by Crippen LogP contribution is 2.25. The summed E-state index contributed by atoms with van der Waals surface area (Å²) in [4.78, 5) is 15.9. The molecule has 0 aliphatic carbocycles. The summed E-state index contributed by atoms with van der Waals surface area (Å²) in [6.07, 6.45) is 0.527. The van der Waals surface area contributed by atoms with Gasteiger partial charge < -0.3 is 9.47 Å². The van der Waals surface area contributed by atoms with Crippen molar-refractivity contribution < 1.29 is 14.3 Å². The van der Waals surface area contributed by atoms with E-state index in [0.717, 1.165) is 17.0 Å². The number of carbonyl (C=O) groups excluding carboxylic acids is 1. The number of hydrogen-bond donors (Lipinski definition) is 0. The third-order valence-corrected chi connectivity index (χ3v) is 3.40. The number of esters is 1. The van der Waals surface area contributed by atoms with Crippen molar-refractivity contribution in [2.24, 2.45) is 5.92 Å². The molecule has 4 nitrogen and oxygen atoms in total. The molecule has 0 aliphatic heterocycles. The molecular weight excluding hydrogens is 314 g/mol. The van der Waals surface area contributed by atoms with Crippen molar-refractivity contribution in [3.63, 3.8) is 0 Å². The predicted molar refractivity (Wildman–Crippen MR) is 90.2 cm³/mol. The average molecular weight is 334 g/mol. The van der Waals surface area contributed by atoms with Crippen molar-refractivity contribution in [3.8, 4) is 5.75 Å². The van der Waals surface area contributed by atoms with E-state index in [-0.39, 0.29) is 5.69 Å². The van der Waals surface area contributed by atoms with Crippen molar-refractivity contribution in [3.05, 3.63) is 58.4 Å². The van der Waals surface area contributed by atoms with Crippen LogP contribution in [0.1, 0.15) is 35.6 Å². The number of hydrogen-bond acceptors (Lipinski definition) is 4. The van der Waals surface area contributed by atoms with Crippen LogP contribution in [0.3, 0.4) is 0 Å². The van der Waals surface area contributed by atoms with Gasteiger partial charge >= 0.3 is 5.97 Å². The Kier molecular flexibility index (Phi) is 5.99. The van der Waals surface area contributed by atoms with Crippen molar-refractivity contribution in [1.82, 2.24) is 4.98 Å². The van der Waals surface area contributed by atoms with Crippen LogP contribution in [0.4, 0.5) is 0 Å². The van der Waals surface area contributed by atoms with E-state index in [1.165, 1.54) is 7.11 Å². The number of ether oxygens (including phenoxy) is 2. The molecule has 0 fully saturated rings. The second-order valence-electron chi connectivity index (χ2n) is 5.64. The van der Waals surface area contributed by atoms with Gasteiger partial charge in [0.25, 0.3) is 0 Å². The lowest BCUT2D eigenvalue weighted by Crippen LogP contribution is -2.08. The van der Waals surface area contributed by atoms with Gasteiger partial charge in [0.2, 0.25) is 0 Å². The predicted octanol–water partition coefficient (Wildman–Crippen LogP) is 4.15. The highest BCUT2D eigenvalue weighted by Gasteiger charge is 2.11. The number of nitrogens with zero attached hydrogens (tertiary/aromatic N) is 1. The summed E-state index contributed by atoms with van der Waals surface area (Å²) in [5, 5.41) is 0.640. The van der Waals surface area contributed by atoms with Gasteiger partial charge in [-0.05, 0) is 36.2 Å². The summed E-state index contributed by atoms with van der Waals surface area (Å²) in [6, 6.07) is 10.8. The smallest absolute Gasteiger partial charge is 0.356 e. The van der Waals surface area contributed by atoms with Gasteiger partial charge in [-0.2, -0.15) is 0 Å². The van der Waals surface area contributed by atoms with E-state index in [4.69, 9.17) is 21.1 Å². The number of aromatic nitrogens is 1. The van der Waals surface area contributed by atoms with E-state index >= 15 is 0 Å². The average Bonchev–Trinajstić information content (AvgIpc) is 2.53. The Morgan fingerprint density at radius 3 is 2.74 bits per heavy atom. The van der Waals surface area contributed by atoms with Crippen LogP contribution in [0.25, 0.3) is 0 Å². The molecular formula is C18H20ClNO3. The zero-order valence-corrected chi connectivity index (χ0v) is 14.3. The standard InChI is InChI=1S/C18H20ClNO3/c1-12(2)11-23-17-8-7-14(19)9-13(17)10-15-5-4-6-16(20-15)18(21)22-3/h4-9,12H,10-11H2,1-3H3. The Hall–Kier alpha value is -2.07. The first-order chi connectivity index (χ1) is 11.0. The molecule has 5 heteroatoms. The van der Waals surface area contributed by atoms with Crippen molar-refractivity contribution in [2.45, 2.75) is 20.3 Å². The maximum Gasteiger partial charge on any atom is 0.356 e. The Morgan fingerprint density at radius 1 is 1.26 bits per heavy atom. The molecule has 2 aromatic rings. The molecule has 0 spiro atoms. The molecule has 1 heterocycles. The number of rotatable bonds is 6. The fraction of sp³-hybridized carbons (Fsp3) is 0.333. The minimum absolute atomic E-state index is 0.289. The maximum absolute atomic E-state index is 11.6. The van der Waals surface area contributed by atoms with Gasteiger partial charge in [0.15, 0.2) is 0 Å². The van der Waals surface area contributed by atoms with Crippen molar-refractivity contribution in [1.29, 1.82) is 0 Å². The van der Waals surface area contributed by atoms with Gasteiger partial charge in [0, 0.05) is 22.7 Å². The van der Waals surface area contributed by atoms with Crippen LogP contribution in [0.2, 0.25) is 5.02 Å². The van der Waals surface area contributed by atoms with E-state index in [2.05, 4.69) is 18.8 Å². The first kappa shape index (κ1) is 17.3. The van der Waals surface area contributed by atoms with Gasteiger partial charge in [-0.3, -0.25) is 0 Å². The third-order valence-electron chi connectivity index (χ3n) is 3.17. The molecule has 0 saturated carbocycles. The van der Waals surface area contributed by atoms with Crippen LogP contribution < -0.4 is 4.74 Å². The second kappa shape index (κ2) is 7.97. The summed E-state index contributed by atoms with van der Waals surface area (Å²) in [5.41, 5.74) is 1.98. The summed E-state index contributed by atoms with van der Waals surface area (Å²) >= 11 is 6.10. The van der Waals surface area contributed by atoms with Crippen LogP contribution in [0.15, 0.2) is 36.4 Å². The van der Waals surface area contributed by atoms with Gasteiger partial charge in [-0.25, -0.2) is 9.78 Å². The Labute approximate surface area is 141 Å². The normalized spacial score (nSPS) is 10.7. The fourth-order valence-corrected chi connectivity index (χ4v) is 2.27. The van der Waals surface area contributed by atoms with E-state index in [1.54, 1.807) is 18.2 Å². The lowest BCUT2D eigenvalue weighted by Gasteiger charge is -2.13. The maximum atomic E-state index is 11.6. The molecule has 0 aliphatic rings. The fourth-order valence-electron chi connectivity index (χ4n) is 2.07. The first-order valence-corrected chi connectivity index (χ1v) is 7.83. The van der Waals surface area contributed by atoms with Gasteiger partial charge in [-0.1, -0.05) is 31.5 Å². The largest absolute Gasteiger partial charge is 0.493 e. The Balaban J connectivity index is 2.25. The summed E-state index contributed by atoms with van der Waals surface area (Å²) in [6.45, 7) is 4.82. The highest BCUT2D eigenvalue weighted by atomic mass is 35.5. The number of carbonyl (C=O) groups is 1. The summed E-state index contributed by atoms with van der Waals surface area (Å²) in [5.74, 6) is 0.766. The van der Waals surface area contributed by atoms with Crippen molar-refractivity contribution >= 4 is 17.6 Å². The van der Waals surface area contributed by atoms with Crippen LogP contribution in [-0.2, 0) is 11.2 Å². The molecule has 1 aromatic heterocycles. The number of pyridine rings is 1. The zero-order chi connectivity index (χ0) is 16.8. The molecule has 0 bridgehead atoms. The number of methoxy groups -OCH3 is 1. The monoisotopic (exact) mass is 333 g/mol. The zero-order valence-electron chi connectivity index (χ0n) is 13.5. The molecule has 2 rings (SSSR count). The third kappa shape index (κ3) is 4.96. The SMILES string of the molecule is COC(=O)c1cccc(Cc2cc(Cl)ccc2OCC(C)C)n1. The molecule has 122 valence electrons. The Morgan fingerprint density at radius 2 is 2.04 bits per heavy atom. The van der Waals surface area contributed by atoms with E-state index in [9.17, 15) is 4.79 Å². The second-order valence-corrected chi connectivity index (χ2v) is 6.08. The topological polar surface area (TPSA) is 48.4 Å². The molecule has 1 aromatic carbocycles. The van der Waals surface area contributed by atoms with Gasteiger partial charge in [-0.15, -0.1) is 0 Å². The summed E-state index contributed by atoms with van der Waals surface area (Å²) in [7, 11) is 1.34. The molecule has 0 unspecified atom stereocenters. The highest BCUT2D eigenvalue weighted by molar-refractivity contribution is 6.30. The van der Waals surface area contributed by atoms with Crippen LogP contribution >= 0.6 is 11.6 Å². The van der Waals surface area contributed by atoms with Crippen molar-refractivity contribution in [2.75, 3.05) is 13.7 Å². The van der Waals surface area contributed by atoms with Crippen LogP contribution in [0.5, 0.6) is 5.75 Å². The minimum Gasteiger partial charge on any atom is -0.493 e. The first-order valence-electron chi connectivity index (χ1n) is 7.45. The molecule has 0 N–H and O–H groups in total. The van der Waals surface area contributed by atoms with Crippen LogP contribution in [0, 0.1) is 5.92 Å². The Bertz CT molecular complexity index is 686. The lowest BCUT2D eigenvalue weighted by molar-refractivity contribution is 0.0593. The molecule has 0 atom stereocenters. The lowest BCUT2D eigenvalue weighted by atomic mass is 10.1. The van der Waals surface area contributed by atoms with E-state index in [0.29, 0.717) is 24.0 Å². The molecule has 23 heavy (non-hydrogen) atoms.